The summed E-state index contributed by atoms with van der Waals surface area (Å²) >= 11 is 0. The Kier molecular flexibility index (Phi) is 10.3. The third kappa shape index (κ3) is 7.12. The van der Waals surface area contributed by atoms with E-state index in [9.17, 15) is 10.1 Å². The highest BCUT2D eigenvalue weighted by Crippen LogP contribution is 2.28. The molecule has 9 nitrogen and oxygen atoms in total. The maximum Gasteiger partial charge on any atom is 0.223 e. The SMILES string of the molecule is CCNC(=NCCCc1nn(-c2ccccc2)c(N)c1C#N)NCCNC(=O)C1CC1.I. The Labute approximate surface area is 205 Å². The zero-order valence-electron chi connectivity index (χ0n) is 18.3. The van der Waals surface area contributed by atoms with Crippen LogP contribution in [0.25, 0.3) is 5.69 Å². The fraction of sp³-hybridized carbons (Fsp3) is 0.455. The van der Waals surface area contributed by atoms with Crippen LogP contribution in [0.3, 0.4) is 0 Å². The fourth-order valence-corrected chi connectivity index (χ4v) is 3.18. The van der Waals surface area contributed by atoms with Crippen molar-refractivity contribution in [1.82, 2.24) is 25.7 Å². The number of para-hydroxylation sites is 1. The molecule has 10 heteroatoms. The Morgan fingerprint density at radius 3 is 2.62 bits per heavy atom. The van der Waals surface area contributed by atoms with Crippen LogP contribution < -0.4 is 21.7 Å². The lowest BCUT2D eigenvalue weighted by molar-refractivity contribution is -0.122. The Bertz CT molecular complexity index is 947. The van der Waals surface area contributed by atoms with Gasteiger partial charge in [0.1, 0.15) is 17.5 Å². The molecule has 0 radical (unpaired) electrons. The number of carbonyl (C=O) groups is 1. The van der Waals surface area contributed by atoms with Crippen LogP contribution in [0.5, 0.6) is 0 Å². The second kappa shape index (κ2) is 12.9. The van der Waals surface area contributed by atoms with Crippen LogP contribution in [0.2, 0.25) is 0 Å². The van der Waals surface area contributed by atoms with Gasteiger partial charge in [-0.2, -0.15) is 10.4 Å². The van der Waals surface area contributed by atoms with Gasteiger partial charge in [0, 0.05) is 32.1 Å². The van der Waals surface area contributed by atoms with Crippen molar-refractivity contribution in [3.8, 4) is 11.8 Å². The van der Waals surface area contributed by atoms with Crippen LogP contribution in [0.1, 0.15) is 37.4 Å². The summed E-state index contributed by atoms with van der Waals surface area (Å²) in [5.41, 5.74) is 8.08. The average molecular weight is 550 g/mol. The van der Waals surface area contributed by atoms with Gasteiger partial charge < -0.3 is 21.7 Å². The number of nitrogens with one attached hydrogen (secondary N) is 3. The number of rotatable bonds is 10. The van der Waals surface area contributed by atoms with E-state index in [0.29, 0.717) is 49.1 Å². The van der Waals surface area contributed by atoms with Gasteiger partial charge in [0.15, 0.2) is 5.96 Å². The number of aryl methyl sites for hydroxylation is 1. The predicted molar refractivity (Wildman–Crippen MR) is 136 cm³/mol. The molecule has 3 rings (SSSR count). The third-order valence-corrected chi connectivity index (χ3v) is 4.96. The first-order valence-corrected chi connectivity index (χ1v) is 10.8. The summed E-state index contributed by atoms with van der Waals surface area (Å²) in [4.78, 5) is 16.2. The first-order chi connectivity index (χ1) is 15.1. The molecule has 1 fully saturated rings. The predicted octanol–water partition coefficient (Wildman–Crippen LogP) is 1.96. The lowest BCUT2D eigenvalue weighted by atomic mass is 10.1. The van der Waals surface area contributed by atoms with Crippen molar-refractivity contribution in [3.05, 3.63) is 41.6 Å². The van der Waals surface area contributed by atoms with E-state index in [4.69, 9.17) is 5.73 Å². The van der Waals surface area contributed by atoms with E-state index in [-0.39, 0.29) is 35.8 Å². The molecule has 32 heavy (non-hydrogen) atoms. The molecular weight excluding hydrogens is 519 g/mol. The number of nitrogen functional groups attached to an aromatic ring is 1. The van der Waals surface area contributed by atoms with Crippen molar-refractivity contribution in [2.75, 3.05) is 31.9 Å². The van der Waals surface area contributed by atoms with E-state index in [1.807, 2.05) is 37.3 Å². The Morgan fingerprint density at radius 2 is 1.97 bits per heavy atom. The van der Waals surface area contributed by atoms with Crippen molar-refractivity contribution < 1.29 is 4.79 Å². The van der Waals surface area contributed by atoms with Gasteiger partial charge in [0.25, 0.3) is 0 Å². The quantitative estimate of drug-likeness (QED) is 0.155. The Morgan fingerprint density at radius 1 is 1.25 bits per heavy atom. The first kappa shape index (κ1) is 25.5. The van der Waals surface area contributed by atoms with Gasteiger partial charge in [-0.15, -0.1) is 24.0 Å². The van der Waals surface area contributed by atoms with E-state index >= 15 is 0 Å². The van der Waals surface area contributed by atoms with Crippen molar-refractivity contribution >= 4 is 41.7 Å². The number of nitrogens with two attached hydrogens (primary N) is 1. The van der Waals surface area contributed by atoms with E-state index in [0.717, 1.165) is 31.5 Å². The molecule has 5 N–H and O–H groups in total. The van der Waals surface area contributed by atoms with Gasteiger partial charge in [0.05, 0.1) is 11.4 Å². The van der Waals surface area contributed by atoms with Crippen molar-refractivity contribution in [1.29, 1.82) is 5.26 Å². The van der Waals surface area contributed by atoms with Gasteiger partial charge in [-0.3, -0.25) is 9.79 Å². The van der Waals surface area contributed by atoms with Crippen LogP contribution >= 0.6 is 24.0 Å². The monoisotopic (exact) mass is 550 g/mol. The van der Waals surface area contributed by atoms with Gasteiger partial charge in [-0.1, -0.05) is 18.2 Å². The normalized spacial score (nSPS) is 13.1. The third-order valence-electron chi connectivity index (χ3n) is 4.96. The summed E-state index contributed by atoms with van der Waals surface area (Å²) in [6.07, 6.45) is 3.35. The molecule has 0 atom stereocenters. The molecule has 0 saturated heterocycles. The highest BCUT2D eigenvalue weighted by molar-refractivity contribution is 14.0. The van der Waals surface area contributed by atoms with Crippen molar-refractivity contribution in [2.24, 2.45) is 10.9 Å². The topological polar surface area (TPSA) is 133 Å². The largest absolute Gasteiger partial charge is 0.382 e. The van der Waals surface area contributed by atoms with Gasteiger partial charge >= 0.3 is 0 Å². The van der Waals surface area contributed by atoms with Gasteiger partial charge in [0.2, 0.25) is 5.91 Å². The molecule has 0 spiro atoms. The van der Waals surface area contributed by atoms with Crippen LogP contribution in [0.4, 0.5) is 5.82 Å². The molecule has 0 bridgehead atoms. The maximum absolute atomic E-state index is 11.7. The van der Waals surface area contributed by atoms with E-state index in [1.54, 1.807) is 4.68 Å². The second-order valence-corrected chi connectivity index (χ2v) is 7.42. The molecule has 1 aliphatic carbocycles. The second-order valence-electron chi connectivity index (χ2n) is 7.42. The smallest absolute Gasteiger partial charge is 0.223 e. The number of hydrogen-bond acceptors (Lipinski definition) is 5. The lowest BCUT2D eigenvalue weighted by Crippen LogP contribution is -2.41. The zero-order chi connectivity index (χ0) is 22.1. The fourth-order valence-electron chi connectivity index (χ4n) is 3.18. The Hall–Kier alpha value is -2.81. The number of anilines is 1. The zero-order valence-corrected chi connectivity index (χ0v) is 20.6. The molecular formula is C22H31IN8O. The number of benzene rings is 1. The number of guanidine groups is 1. The number of nitriles is 1. The maximum atomic E-state index is 11.7. The minimum atomic E-state index is 0. The number of halogens is 1. The number of amides is 1. The summed E-state index contributed by atoms with van der Waals surface area (Å²) in [7, 11) is 0. The van der Waals surface area contributed by atoms with Crippen molar-refractivity contribution in [3.63, 3.8) is 0 Å². The summed E-state index contributed by atoms with van der Waals surface area (Å²) in [6.45, 7) is 4.51. The van der Waals surface area contributed by atoms with E-state index < -0.39 is 0 Å². The van der Waals surface area contributed by atoms with Crippen LogP contribution in [0, 0.1) is 17.2 Å². The molecule has 1 aromatic carbocycles. The van der Waals surface area contributed by atoms with Crippen molar-refractivity contribution in [2.45, 2.75) is 32.6 Å². The van der Waals surface area contributed by atoms with E-state index in [1.165, 1.54) is 0 Å². The molecule has 2 aromatic rings. The minimum absolute atomic E-state index is 0. The van der Waals surface area contributed by atoms with Crippen LogP contribution in [0.15, 0.2) is 35.3 Å². The number of aromatic nitrogens is 2. The standard InChI is InChI=1S/C22H30N8O.HI/c1-2-25-22(28-14-13-26-21(31)16-10-11-16)27-12-6-9-19-18(15-23)20(24)30(29-19)17-7-4-3-5-8-17;/h3-5,7-8,16H,2,6,9-14,24H2,1H3,(H,26,31)(H2,25,27,28);1H. The summed E-state index contributed by atoms with van der Waals surface area (Å²) in [6, 6.07) is 11.7. The molecule has 172 valence electrons. The summed E-state index contributed by atoms with van der Waals surface area (Å²) in [5.74, 6) is 1.43. The summed E-state index contributed by atoms with van der Waals surface area (Å²) in [5, 5.41) is 23.4. The summed E-state index contributed by atoms with van der Waals surface area (Å²) < 4.78 is 1.61. The molecule has 1 amide bonds. The van der Waals surface area contributed by atoms with Gasteiger partial charge in [-0.05, 0) is 44.7 Å². The number of aliphatic imine (C=N–C) groups is 1. The molecule has 1 saturated carbocycles. The first-order valence-electron chi connectivity index (χ1n) is 10.8. The molecule has 0 unspecified atom stereocenters. The average Bonchev–Trinajstić information content (AvgIpc) is 3.58. The van der Waals surface area contributed by atoms with Gasteiger partial charge in [-0.25, -0.2) is 4.68 Å². The molecule has 1 aliphatic rings. The number of hydrogen-bond donors (Lipinski definition) is 4. The van der Waals surface area contributed by atoms with Crippen LogP contribution in [-0.4, -0.2) is 47.8 Å². The highest BCUT2D eigenvalue weighted by Gasteiger charge is 2.28. The molecule has 1 aromatic heterocycles. The Balaban J connectivity index is 0.00000363. The van der Waals surface area contributed by atoms with E-state index in [2.05, 4.69) is 32.1 Å². The number of nitrogens with zero attached hydrogens (tertiary/aromatic N) is 4. The molecule has 0 aliphatic heterocycles. The van der Waals surface area contributed by atoms with Crippen LogP contribution in [-0.2, 0) is 11.2 Å². The highest BCUT2D eigenvalue weighted by atomic mass is 127. The minimum Gasteiger partial charge on any atom is -0.382 e. The lowest BCUT2D eigenvalue weighted by Gasteiger charge is -2.11. The molecule has 1 heterocycles. The number of carbonyl (C=O) groups excluding carboxylic acids is 1.